The highest BCUT2D eigenvalue weighted by Gasteiger charge is 2.33. The molecule has 2 amide bonds. The molecule has 3 aromatic carbocycles. The minimum atomic E-state index is -4.18. The summed E-state index contributed by atoms with van der Waals surface area (Å²) in [6, 6.07) is 18.4. The molecule has 9 heteroatoms. The fraction of sp³-hybridized carbons (Fsp3) is 0.375. The number of amides is 2. The minimum absolute atomic E-state index is 0.0306. The van der Waals surface area contributed by atoms with Gasteiger partial charge in [-0.15, -0.1) is 0 Å². The summed E-state index contributed by atoms with van der Waals surface area (Å²) in [5, 5.41) is 2.86. The zero-order valence-corrected chi connectivity index (χ0v) is 25.6. The molecule has 0 heterocycles. The summed E-state index contributed by atoms with van der Waals surface area (Å²) in [7, 11) is -4.18. The average Bonchev–Trinajstić information content (AvgIpc) is 2.90. The minimum Gasteiger partial charge on any atom is -0.350 e. The van der Waals surface area contributed by atoms with Crippen LogP contribution in [0.1, 0.15) is 64.2 Å². The van der Waals surface area contributed by atoms with Crippen LogP contribution in [0.2, 0.25) is 0 Å². The second-order valence-electron chi connectivity index (χ2n) is 11.6. The number of sulfonamides is 1. The number of benzene rings is 3. The molecule has 0 bridgehead atoms. The SMILES string of the molecule is Cc1ccc(S(=O)(=O)N(CC(=O)N(Cc2ccccc2F)[C@H](C)C(=O)NC(C)(C)C)c2ccc(C(C)C)cc2)cc1. The van der Waals surface area contributed by atoms with Crippen molar-refractivity contribution in [3.63, 3.8) is 0 Å². The molecule has 0 unspecified atom stereocenters. The summed E-state index contributed by atoms with van der Waals surface area (Å²) in [4.78, 5) is 28.4. The fourth-order valence-corrected chi connectivity index (χ4v) is 5.67. The molecule has 0 fully saturated rings. The Hall–Kier alpha value is -3.72. The van der Waals surface area contributed by atoms with Crippen molar-refractivity contribution in [1.82, 2.24) is 10.2 Å². The summed E-state index contributed by atoms with van der Waals surface area (Å²) < 4.78 is 43.6. The van der Waals surface area contributed by atoms with Gasteiger partial charge in [-0.3, -0.25) is 13.9 Å². The second kappa shape index (κ2) is 12.9. The van der Waals surface area contributed by atoms with Crippen LogP contribution in [-0.2, 0) is 26.2 Å². The third-order valence-corrected chi connectivity index (χ3v) is 8.49. The van der Waals surface area contributed by atoms with Gasteiger partial charge in [0.15, 0.2) is 0 Å². The van der Waals surface area contributed by atoms with E-state index in [-0.39, 0.29) is 22.9 Å². The molecule has 1 N–H and O–H groups in total. The Labute approximate surface area is 243 Å². The summed E-state index contributed by atoms with van der Waals surface area (Å²) in [5.41, 5.74) is 1.85. The van der Waals surface area contributed by atoms with E-state index < -0.39 is 45.8 Å². The van der Waals surface area contributed by atoms with Crippen LogP contribution < -0.4 is 9.62 Å². The normalized spacial score (nSPS) is 12.6. The Balaban J connectivity index is 2.06. The molecule has 3 rings (SSSR count). The van der Waals surface area contributed by atoms with Crippen LogP contribution >= 0.6 is 0 Å². The highest BCUT2D eigenvalue weighted by atomic mass is 32.2. The highest BCUT2D eigenvalue weighted by molar-refractivity contribution is 7.92. The molecule has 0 saturated carbocycles. The second-order valence-corrected chi connectivity index (χ2v) is 13.5. The van der Waals surface area contributed by atoms with Gasteiger partial charge in [0.1, 0.15) is 18.4 Å². The predicted octanol–water partition coefficient (Wildman–Crippen LogP) is 5.78. The first-order valence-corrected chi connectivity index (χ1v) is 15.1. The average molecular weight is 582 g/mol. The van der Waals surface area contributed by atoms with Crippen LogP contribution in [0.25, 0.3) is 0 Å². The Morgan fingerprint density at radius 1 is 0.902 bits per heavy atom. The number of nitrogens with zero attached hydrogens (tertiary/aromatic N) is 2. The van der Waals surface area contributed by atoms with Crippen molar-refractivity contribution in [2.24, 2.45) is 0 Å². The van der Waals surface area contributed by atoms with E-state index in [9.17, 15) is 22.4 Å². The molecule has 0 radical (unpaired) electrons. The van der Waals surface area contributed by atoms with Gasteiger partial charge in [-0.2, -0.15) is 0 Å². The molecule has 0 aliphatic rings. The monoisotopic (exact) mass is 581 g/mol. The molecule has 1 atom stereocenters. The highest BCUT2D eigenvalue weighted by Crippen LogP contribution is 2.27. The first-order valence-electron chi connectivity index (χ1n) is 13.6. The molecule has 0 aliphatic heterocycles. The molecule has 41 heavy (non-hydrogen) atoms. The lowest BCUT2D eigenvalue weighted by atomic mass is 10.0. The van der Waals surface area contributed by atoms with E-state index in [2.05, 4.69) is 5.32 Å². The fourth-order valence-electron chi connectivity index (χ4n) is 4.26. The van der Waals surface area contributed by atoms with Crippen molar-refractivity contribution in [3.8, 4) is 0 Å². The number of hydrogen-bond donors (Lipinski definition) is 1. The number of carbonyl (C=O) groups is 2. The first kappa shape index (κ1) is 31.8. The van der Waals surface area contributed by atoms with E-state index in [4.69, 9.17) is 0 Å². The van der Waals surface area contributed by atoms with Gasteiger partial charge in [0.25, 0.3) is 10.0 Å². The van der Waals surface area contributed by atoms with E-state index in [1.54, 1.807) is 37.3 Å². The maximum atomic E-state index is 14.7. The number of carbonyl (C=O) groups excluding carboxylic acids is 2. The van der Waals surface area contributed by atoms with Gasteiger partial charge in [-0.25, -0.2) is 12.8 Å². The number of nitrogens with one attached hydrogen (secondary N) is 1. The van der Waals surface area contributed by atoms with Gasteiger partial charge in [0.2, 0.25) is 11.8 Å². The Kier molecular flexibility index (Phi) is 9.97. The van der Waals surface area contributed by atoms with Crippen LogP contribution in [0, 0.1) is 12.7 Å². The summed E-state index contributed by atoms with van der Waals surface area (Å²) in [6.45, 7) is 12.1. The molecule has 3 aromatic rings. The largest absolute Gasteiger partial charge is 0.350 e. The molecule has 0 saturated heterocycles. The van der Waals surface area contributed by atoms with E-state index >= 15 is 0 Å². The Morgan fingerprint density at radius 2 is 1.49 bits per heavy atom. The molecule has 0 spiro atoms. The standard InChI is InChI=1S/C32H40FN3O4S/c1-22(2)25-14-16-27(17-15-25)36(41(39,40)28-18-12-23(3)13-19-28)21-30(37)35(20-26-10-8-9-11-29(26)33)24(4)31(38)34-32(5,6)7/h8-19,22,24H,20-21H2,1-7H3,(H,34,38)/t24-/m1/s1. The van der Waals surface area contributed by atoms with Gasteiger partial charge < -0.3 is 10.2 Å². The number of hydrogen-bond acceptors (Lipinski definition) is 4. The Bertz CT molecular complexity index is 1460. The molecule has 7 nitrogen and oxygen atoms in total. The number of anilines is 1. The smallest absolute Gasteiger partial charge is 0.264 e. The van der Waals surface area contributed by atoms with Crippen LogP contribution in [-0.4, -0.2) is 43.3 Å². The first-order chi connectivity index (χ1) is 19.1. The van der Waals surface area contributed by atoms with Crippen molar-refractivity contribution in [2.75, 3.05) is 10.8 Å². The number of rotatable bonds is 10. The van der Waals surface area contributed by atoms with E-state index in [1.807, 2.05) is 53.7 Å². The summed E-state index contributed by atoms with van der Waals surface area (Å²) >= 11 is 0. The van der Waals surface area contributed by atoms with Crippen molar-refractivity contribution in [3.05, 3.63) is 95.3 Å². The van der Waals surface area contributed by atoms with E-state index in [0.29, 0.717) is 5.69 Å². The number of halogens is 1. The topological polar surface area (TPSA) is 86.8 Å². The van der Waals surface area contributed by atoms with Crippen molar-refractivity contribution in [2.45, 2.75) is 77.4 Å². The Morgan fingerprint density at radius 3 is 2.02 bits per heavy atom. The van der Waals surface area contributed by atoms with Crippen molar-refractivity contribution in [1.29, 1.82) is 0 Å². The zero-order valence-electron chi connectivity index (χ0n) is 24.8. The van der Waals surface area contributed by atoms with Crippen LogP contribution in [0.5, 0.6) is 0 Å². The van der Waals surface area contributed by atoms with Gasteiger partial charge in [-0.05, 0) is 76.4 Å². The summed E-state index contributed by atoms with van der Waals surface area (Å²) in [5.74, 6) is -1.38. The van der Waals surface area contributed by atoms with Gasteiger partial charge in [0.05, 0.1) is 10.6 Å². The maximum absolute atomic E-state index is 14.7. The number of aryl methyl sites for hydroxylation is 1. The van der Waals surface area contributed by atoms with Gasteiger partial charge in [0, 0.05) is 17.6 Å². The quantitative estimate of drug-likeness (QED) is 0.329. The van der Waals surface area contributed by atoms with E-state index in [0.717, 1.165) is 15.4 Å². The van der Waals surface area contributed by atoms with Crippen LogP contribution in [0.15, 0.2) is 77.7 Å². The van der Waals surface area contributed by atoms with Gasteiger partial charge in [-0.1, -0.05) is 61.9 Å². The maximum Gasteiger partial charge on any atom is 0.264 e. The summed E-state index contributed by atoms with van der Waals surface area (Å²) in [6.07, 6.45) is 0. The molecular formula is C32H40FN3O4S. The van der Waals surface area contributed by atoms with Crippen molar-refractivity contribution < 1.29 is 22.4 Å². The van der Waals surface area contributed by atoms with Crippen LogP contribution in [0.3, 0.4) is 0 Å². The third kappa shape index (κ3) is 8.16. The molecule has 0 aliphatic carbocycles. The molecular weight excluding hydrogens is 541 g/mol. The lowest BCUT2D eigenvalue weighted by Gasteiger charge is -2.33. The third-order valence-electron chi connectivity index (χ3n) is 6.70. The molecule has 220 valence electrons. The van der Waals surface area contributed by atoms with Crippen LogP contribution in [0.4, 0.5) is 10.1 Å². The lowest BCUT2D eigenvalue weighted by molar-refractivity contribution is -0.140. The zero-order chi connectivity index (χ0) is 30.5. The predicted molar refractivity (Wildman–Crippen MR) is 161 cm³/mol. The van der Waals surface area contributed by atoms with Gasteiger partial charge >= 0.3 is 0 Å². The van der Waals surface area contributed by atoms with Crippen molar-refractivity contribution >= 4 is 27.5 Å². The molecule has 0 aromatic heterocycles. The lowest BCUT2D eigenvalue weighted by Crippen LogP contribution is -2.54. The van der Waals surface area contributed by atoms with E-state index in [1.165, 1.54) is 35.2 Å².